The molecule has 15 heavy (non-hydrogen) atoms. The molecule has 0 unspecified atom stereocenters. The zero-order valence-electron chi connectivity index (χ0n) is 10.5. The van der Waals surface area contributed by atoms with Crippen LogP contribution in [-0.4, -0.2) is 18.5 Å². The van der Waals surface area contributed by atoms with Crippen LogP contribution in [0.1, 0.15) is 44.4 Å². The first-order chi connectivity index (χ1) is 7.33. The molecule has 1 atom stereocenters. The summed E-state index contributed by atoms with van der Waals surface area (Å²) in [7, 11) is 2.23. The minimum Gasteiger partial charge on any atom is -0.299 e. The van der Waals surface area contributed by atoms with Gasteiger partial charge in [0, 0.05) is 12.6 Å². The topological polar surface area (TPSA) is 3.24 Å². The van der Waals surface area contributed by atoms with Crippen molar-refractivity contribution >= 4 is 0 Å². The number of hydrogen-bond donors (Lipinski definition) is 0. The summed E-state index contributed by atoms with van der Waals surface area (Å²) in [5.74, 6) is 0. The summed E-state index contributed by atoms with van der Waals surface area (Å²) in [6, 6.07) is 9.49. The molecule has 0 saturated carbocycles. The van der Waals surface area contributed by atoms with E-state index in [0.29, 0.717) is 6.04 Å². The monoisotopic (exact) mass is 205 g/mol. The van der Waals surface area contributed by atoms with E-state index in [1.54, 1.807) is 11.1 Å². The van der Waals surface area contributed by atoms with Gasteiger partial charge in [-0.1, -0.05) is 45.0 Å². The number of hydrogen-bond acceptors (Lipinski definition) is 1. The Labute approximate surface area is 94.1 Å². The van der Waals surface area contributed by atoms with Crippen molar-refractivity contribution in [3.63, 3.8) is 0 Å². The van der Waals surface area contributed by atoms with Crippen molar-refractivity contribution in [2.75, 3.05) is 13.6 Å². The quantitative estimate of drug-likeness (QED) is 0.676. The first kappa shape index (κ1) is 12.3. The predicted octanol–water partition coefficient (Wildman–Crippen LogP) is 3.65. The van der Waals surface area contributed by atoms with Gasteiger partial charge in [-0.25, -0.2) is 0 Å². The molecular weight excluding hydrogens is 182 g/mol. The van der Waals surface area contributed by atoms with E-state index in [0.717, 1.165) is 0 Å². The van der Waals surface area contributed by atoms with Crippen molar-refractivity contribution in [2.45, 2.75) is 39.7 Å². The maximum Gasteiger partial charge on any atom is 0.0345 e. The van der Waals surface area contributed by atoms with Crippen LogP contribution in [-0.2, 0) is 6.42 Å². The summed E-state index contributed by atoms with van der Waals surface area (Å²) >= 11 is 0. The highest BCUT2D eigenvalue weighted by Gasteiger charge is 2.21. The fourth-order valence-electron chi connectivity index (χ4n) is 2.31. The Morgan fingerprint density at radius 1 is 1.27 bits per heavy atom. The van der Waals surface area contributed by atoms with E-state index in [-0.39, 0.29) is 0 Å². The second-order valence-electron chi connectivity index (χ2n) is 3.85. The fourth-order valence-corrected chi connectivity index (χ4v) is 2.31. The highest BCUT2D eigenvalue weighted by Crippen LogP contribution is 2.30. The number of nitrogens with zero attached hydrogens (tertiary/aromatic N) is 1. The largest absolute Gasteiger partial charge is 0.299 e. The average Bonchev–Trinajstić information content (AvgIpc) is 2.32. The molecule has 0 spiro atoms. The molecule has 1 aromatic rings. The van der Waals surface area contributed by atoms with Crippen molar-refractivity contribution in [2.24, 2.45) is 0 Å². The Morgan fingerprint density at radius 2 is 1.93 bits per heavy atom. The molecule has 1 aliphatic rings. The first-order valence-electron chi connectivity index (χ1n) is 6.11. The Kier molecular flexibility index (Phi) is 4.83. The van der Waals surface area contributed by atoms with Gasteiger partial charge in [0.2, 0.25) is 0 Å². The Morgan fingerprint density at radius 3 is 2.60 bits per heavy atom. The molecule has 1 aromatic carbocycles. The summed E-state index contributed by atoms with van der Waals surface area (Å²) in [6.07, 6.45) is 2.43. The zero-order valence-corrected chi connectivity index (χ0v) is 10.5. The molecule has 1 nitrogen and oxygen atoms in total. The number of rotatable bonds is 1. The molecular formula is C14H23N. The van der Waals surface area contributed by atoms with Gasteiger partial charge in [-0.2, -0.15) is 0 Å². The lowest BCUT2D eigenvalue weighted by molar-refractivity contribution is 0.225. The molecule has 1 heteroatoms. The molecule has 1 aliphatic heterocycles. The lowest BCUT2D eigenvalue weighted by Gasteiger charge is -2.33. The van der Waals surface area contributed by atoms with Crippen molar-refractivity contribution in [1.82, 2.24) is 4.90 Å². The highest BCUT2D eigenvalue weighted by molar-refractivity contribution is 5.32. The molecule has 0 saturated heterocycles. The first-order valence-corrected chi connectivity index (χ1v) is 6.11. The van der Waals surface area contributed by atoms with Crippen LogP contribution in [0, 0.1) is 0 Å². The van der Waals surface area contributed by atoms with E-state index in [1.165, 1.54) is 19.4 Å². The summed E-state index contributed by atoms with van der Waals surface area (Å²) < 4.78 is 0. The average molecular weight is 205 g/mol. The predicted molar refractivity (Wildman–Crippen MR) is 67.2 cm³/mol. The lowest BCUT2D eigenvalue weighted by atomic mass is 9.92. The van der Waals surface area contributed by atoms with Crippen LogP contribution in [0.15, 0.2) is 24.3 Å². The molecule has 84 valence electrons. The molecule has 2 rings (SSSR count). The maximum atomic E-state index is 2.46. The van der Waals surface area contributed by atoms with E-state index < -0.39 is 0 Å². The molecule has 0 aliphatic carbocycles. The van der Waals surface area contributed by atoms with E-state index in [4.69, 9.17) is 0 Å². The Bertz CT molecular complexity index is 293. The van der Waals surface area contributed by atoms with Gasteiger partial charge >= 0.3 is 0 Å². The van der Waals surface area contributed by atoms with Crippen LogP contribution in [0.2, 0.25) is 0 Å². The summed E-state index contributed by atoms with van der Waals surface area (Å²) in [6.45, 7) is 7.47. The van der Waals surface area contributed by atoms with Gasteiger partial charge in [-0.3, -0.25) is 4.90 Å². The second kappa shape index (κ2) is 5.92. The molecule has 0 radical (unpaired) electrons. The van der Waals surface area contributed by atoms with E-state index in [2.05, 4.69) is 43.1 Å². The van der Waals surface area contributed by atoms with Crippen LogP contribution in [0.4, 0.5) is 0 Å². The molecule has 0 amide bonds. The number of benzene rings is 1. The SMILES string of the molecule is CC.CC[C@@H]1c2ccccc2CCN1C. The van der Waals surface area contributed by atoms with Gasteiger partial charge in [0.05, 0.1) is 0 Å². The van der Waals surface area contributed by atoms with Gasteiger partial charge < -0.3 is 0 Å². The Balaban J connectivity index is 0.000000531. The van der Waals surface area contributed by atoms with Crippen molar-refractivity contribution in [3.8, 4) is 0 Å². The number of fused-ring (bicyclic) bond motifs is 1. The maximum absolute atomic E-state index is 2.46. The summed E-state index contributed by atoms with van der Waals surface area (Å²) in [5.41, 5.74) is 3.09. The fraction of sp³-hybridized carbons (Fsp3) is 0.571. The van der Waals surface area contributed by atoms with Crippen LogP contribution < -0.4 is 0 Å². The van der Waals surface area contributed by atoms with Gasteiger partial charge in [-0.15, -0.1) is 0 Å². The summed E-state index contributed by atoms with van der Waals surface area (Å²) in [4.78, 5) is 2.46. The van der Waals surface area contributed by atoms with E-state index in [9.17, 15) is 0 Å². The smallest absolute Gasteiger partial charge is 0.0345 e. The van der Waals surface area contributed by atoms with Gasteiger partial charge in [0.25, 0.3) is 0 Å². The molecule has 0 bridgehead atoms. The molecule has 0 fully saturated rings. The van der Waals surface area contributed by atoms with Crippen LogP contribution in [0.5, 0.6) is 0 Å². The van der Waals surface area contributed by atoms with E-state index >= 15 is 0 Å². The minimum atomic E-state index is 0.643. The van der Waals surface area contributed by atoms with Gasteiger partial charge in [-0.05, 0) is 31.0 Å². The van der Waals surface area contributed by atoms with Crippen molar-refractivity contribution < 1.29 is 0 Å². The van der Waals surface area contributed by atoms with E-state index in [1.807, 2.05) is 13.8 Å². The Hall–Kier alpha value is -0.820. The van der Waals surface area contributed by atoms with Crippen LogP contribution in [0.25, 0.3) is 0 Å². The number of likely N-dealkylation sites (N-methyl/N-ethyl adjacent to an activating group) is 1. The second-order valence-corrected chi connectivity index (χ2v) is 3.85. The third kappa shape index (κ3) is 2.60. The van der Waals surface area contributed by atoms with Crippen LogP contribution in [0.3, 0.4) is 0 Å². The van der Waals surface area contributed by atoms with Gasteiger partial charge in [0.1, 0.15) is 0 Å². The van der Waals surface area contributed by atoms with Gasteiger partial charge in [0.15, 0.2) is 0 Å². The van der Waals surface area contributed by atoms with Crippen LogP contribution >= 0.6 is 0 Å². The third-order valence-corrected chi connectivity index (χ3v) is 3.07. The van der Waals surface area contributed by atoms with Crippen molar-refractivity contribution in [3.05, 3.63) is 35.4 Å². The normalized spacial score (nSPS) is 20.1. The molecule has 0 aromatic heterocycles. The van der Waals surface area contributed by atoms with Crippen molar-refractivity contribution in [1.29, 1.82) is 0 Å². The molecule has 1 heterocycles. The molecule has 0 N–H and O–H groups in total. The highest BCUT2D eigenvalue weighted by atomic mass is 15.1. The summed E-state index contributed by atoms with van der Waals surface area (Å²) in [5, 5.41) is 0. The third-order valence-electron chi connectivity index (χ3n) is 3.07. The standard InChI is InChI=1S/C12H17N.C2H6/c1-3-12-11-7-5-4-6-10(11)8-9-13(12)2;1-2/h4-7,12H,3,8-9H2,1-2H3;1-2H3/t12-;/m1./s1. The minimum absolute atomic E-state index is 0.643. The lowest BCUT2D eigenvalue weighted by Crippen LogP contribution is -2.31. The zero-order chi connectivity index (χ0) is 11.3.